The van der Waals surface area contributed by atoms with E-state index in [2.05, 4.69) is 4.72 Å². The van der Waals surface area contributed by atoms with Gasteiger partial charge >= 0.3 is 6.18 Å². The highest BCUT2D eigenvalue weighted by Crippen LogP contribution is 2.29. The second-order valence-corrected chi connectivity index (χ2v) is 8.43. The van der Waals surface area contributed by atoms with Crippen molar-refractivity contribution in [2.45, 2.75) is 30.0 Å². The highest BCUT2D eigenvalue weighted by molar-refractivity contribution is 7.89. The van der Waals surface area contributed by atoms with Gasteiger partial charge in [-0.05, 0) is 61.4 Å². The molecule has 2 aromatic rings. The van der Waals surface area contributed by atoms with Crippen molar-refractivity contribution in [3.8, 4) is 0 Å². The summed E-state index contributed by atoms with van der Waals surface area (Å²) in [6.45, 7) is 0.521. The second kappa shape index (κ2) is 8.11. The SMILES string of the molecule is O=C(c1ccc(C(F)(F)F)cc1)N1CCC(NS(=O)(=O)c2ccc(F)cc2)CC1. The zero-order valence-electron chi connectivity index (χ0n) is 15.1. The summed E-state index contributed by atoms with van der Waals surface area (Å²) in [5.74, 6) is -0.947. The molecule has 0 aromatic heterocycles. The number of nitrogens with zero attached hydrogens (tertiary/aromatic N) is 1. The molecule has 0 saturated carbocycles. The number of piperidine rings is 1. The number of rotatable bonds is 4. The summed E-state index contributed by atoms with van der Waals surface area (Å²) >= 11 is 0. The van der Waals surface area contributed by atoms with Crippen LogP contribution in [-0.2, 0) is 16.2 Å². The molecule has 1 fully saturated rings. The highest BCUT2D eigenvalue weighted by atomic mass is 32.2. The van der Waals surface area contributed by atoms with Gasteiger partial charge in [-0.3, -0.25) is 4.79 Å². The summed E-state index contributed by atoms with van der Waals surface area (Å²) in [6.07, 6.45) is -3.76. The Bertz CT molecular complexity index is 966. The van der Waals surface area contributed by atoms with Gasteiger partial charge in [0.15, 0.2) is 0 Å². The standard InChI is InChI=1S/C19H18F4N2O3S/c20-15-5-7-17(8-6-15)29(27,28)24-16-9-11-25(12-10-16)18(26)13-1-3-14(4-2-13)19(21,22)23/h1-8,16,24H,9-12H2. The van der Waals surface area contributed by atoms with Crippen molar-refractivity contribution >= 4 is 15.9 Å². The zero-order chi connectivity index (χ0) is 21.2. The van der Waals surface area contributed by atoms with Crippen molar-refractivity contribution in [2.24, 2.45) is 0 Å². The monoisotopic (exact) mass is 430 g/mol. The Morgan fingerprint density at radius 3 is 2.03 bits per heavy atom. The van der Waals surface area contributed by atoms with Gasteiger partial charge in [-0.25, -0.2) is 17.5 Å². The number of benzene rings is 2. The second-order valence-electron chi connectivity index (χ2n) is 6.72. The van der Waals surface area contributed by atoms with E-state index in [1.807, 2.05) is 0 Å². The molecule has 1 heterocycles. The van der Waals surface area contributed by atoms with Gasteiger partial charge < -0.3 is 4.90 Å². The number of alkyl halides is 3. The fraction of sp³-hybridized carbons (Fsp3) is 0.316. The molecular weight excluding hydrogens is 412 g/mol. The third-order valence-corrected chi connectivity index (χ3v) is 6.22. The van der Waals surface area contributed by atoms with Crippen LogP contribution in [-0.4, -0.2) is 38.4 Å². The third kappa shape index (κ3) is 5.13. The Morgan fingerprint density at radius 1 is 0.966 bits per heavy atom. The number of halogens is 4. The fourth-order valence-corrected chi connectivity index (χ4v) is 4.39. The summed E-state index contributed by atoms with van der Waals surface area (Å²) in [6, 6.07) is 8.03. The van der Waals surface area contributed by atoms with Crippen molar-refractivity contribution < 1.29 is 30.8 Å². The molecule has 3 rings (SSSR count). The van der Waals surface area contributed by atoms with Crippen molar-refractivity contribution in [1.29, 1.82) is 0 Å². The Balaban J connectivity index is 1.58. The van der Waals surface area contributed by atoms with E-state index in [4.69, 9.17) is 0 Å². The van der Waals surface area contributed by atoms with Crippen molar-refractivity contribution in [2.75, 3.05) is 13.1 Å². The number of hydrogen-bond donors (Lipinski definition) is 1. The Morgan fingerprint density at radius 2 is 1.52 bits per heavy atom. The maximum absolute atomic E-state index is 13.0. The van der Waals surface area contributed by atoms with Crippen LogP contribution in [0.2, 0.25) is 0 Å². The van der Waals surface area contributed by atoms with Gasteiger partial charge in [-0.15, -0.1) is 0 Å². The van der Waals surface area contributed by atoms with Gasteiger partial charge in [0.25, 0.3) is 5.91 Å². The normalized spacial score (nSPS) is 16.1. The number of sulfonamides is 1. The Labute approximate surface area is 165 Å². The number of amides is 1. The first-order chi connectivity index (χ1) is 13.6. The predicted octanol–water partition coefficient (Wildman–Crippen LogP) is 3.43. The summed E-state index contributed by atoms with van der Waals surface area (Å²) in [5.41, 5.74) is -0.689. The molecule has 1 amide bonds. The molecule has 1 aliphatic rings. The molecule has 5 nitrogen and oxygen atoms in total. The van der Waals surface area contributed by atoms with Crippen LogP contribution in [0.15, 0.2) is 53.4 Å². The van der Waals surface area contributed by atoms with E-state index in [0.29, 0.717) is 12.8 Å². The third-order valence-electron chi connectivity index (χ3n) is 4.69. The molecule has 1 aliphatic heterocycles. The molecule has 1 saturated heterocycles. The van der Waals surface area contributed by atoms with Crippen LogP contribution in [0.3, 0.4) is 0 Å². The Hall–Kier alpha value is -2.46. The molecule has 2 aromatic carbocycles. The van der Waals surface area contributed by atoms with E-state index < -0.39 is 39.5 Å². The fourth-order valence-electron chi connectivity index (χ4n) is 3.09. The maximum Gasteiger partial charge on any atom is 0.416 e. The smallest absolute Gasteiger partial charge is 0.339 e. The Kier molecular flexibility index (Phi) is 5.95. The largest absolute Gasteiger partial charge is 0.416 e. The van der Waals surface area contributed by atoms with Gasteiger partial charge in [-0.2, -0.15) is 13.2 Å². The first kappa shape index (κ1) is 21.3. The average molecular weight is 430 g/mol. The molecule has 0 spiro atoms. The van der Waals surface area contributed by atoms with Gasteiger partial charge in [0, 0.05) is 24.7 Å². The number of carbonyl (C=O) groups excluding carboxylic acids is 1. The maximum atomic E-state index is 13.0. The van der Waals surface area contributed by atoms with Crippen LogP contribution in [0.5, 0.6) is 0 Å². The van der Waals surface area contributed by atoms with Crippen LogP contribution >= 0.6 is 0 Å². The summed E-state index contributed by atoms with van der Waals surface area (Å²) in [5, 5.41) is 0. The molecule has 0 radical (unpaired) electrons. The molecule has 156 valence electrons. The van der Waals surface area contributed by atoms with E-state index in [9.17, 15) is 30.8 Å². The van der Waals surface area contributed by atoms with Crippen molar-refractivity contribution in [1.82, 2.24) is 9.62 Å². The first-order valence-corrected chi connectivity index (χ1v) is 10.3. The minimum absolute atomic E-state index is 0.0536. The van der Waals surface area contributed by atoms with Crippen LogP contribution in [0.1, 0.15) is 28.8 Å². The first-order valence-electron chi connectivity index (χ1n) is 8.81. The van der Waals surface area contributed by atoms with E-state index in [1.165, 1.54) is 17.0 Å². The summed E-state index contributed by atoms with van der Waals surface area (Å²) in [7, 11) is -3.81. The average Bonchev–Trinajstić information content (AvgIpc) is 2.67. The van der Waals surface area contributed by atoms with Gasteiger partial charge in [0.05, 0.1) is 10.5 Å². The zero-order valence-corrected chi connectivity index (χ0v) is 15.9. The minimum atomic E-state index is -4.47. The predicted molar refractivity (Wildman–Crippen MR) is 97.1 cm³/mol. The van der Waals surface area contributed by atoms with Crippen LogP contribution < -0.4 is 4.72 Å². The summed E-state index contributed by atoms with van der Waals surface area (Å²) in [4.78, 5) is 13.9. The minimum Gasteiger partial charge on any atom is -0.339 e. The van der Waals surface area contributed by atoms with Gasteiger partial charge in [0.1, 0.15) is 5.82 Å². The molecule has 10 heteroatoms. The highest BCUT2D eigenvalue weighted by Gasteiger charge is 2.31. The van der Waals surface area contributed by atoms with Crippen molar-refractivity contribution in [3.63, 3.8) is 0 Å². The topological polar surface area (TPSA) is 66.5 Å². The number of hydrogen-bond acceptors (Lipinski definition) is 3. The molecule has 0 aliphatic carbocycles. The van der Waals surface area contributed by atoms with E-state index in [-0.39, 0.29) is 23.5 Å². The van der Waals surface area contributed by atoms with Crippen LogP contribution in [0.4, 0.5) is 17.6 Å². The van der Waals surface area contributed by atoms with Crippen molar-refractivity contribution in [3.05, 3.63) is 65.5 Å². The lowest BCUT2D eigenvalue weighted by atomic mass is 10.0. The summed E-state index contributed by atoms with van der Waals surface area (Å²) < 4.78 is 78.1. The number of likely N-dealkylation sites (tertiary alicyclic amines) is 1. The van der Waals surface area contributed by atoms with E-state index in [1.54, 1.807) is 0 Å². The van der Waals surface area contributed by atoms with Gasteiger partial charge in [-0.1, -0.05) is 0 Å². The lowest BCUT2D eigenvalue weighted by Gasteiger charge is -2.32. The number of nitrogens with one attached hydrogen (secondary N) is 1. The molecule has 0 bridgehead atoms. The van der Waals surface area contributed by atoms with E-state index >= 15 is 0 Å². The van der Waals surface area contributed by atoms with Gasteiger partial charge in [0.2, 0.25) is 10.0 Å². The van der Waals surface area contributed by atoms with E-state index in [0.717, 1.165) is 36.4 Å². The lowest BCUT2D eigenvalue weighted by molar-refractivity contribution is -0.137. The molecule has 1 N–H and O–H groups in total. The quantitative estimate of drug-likeness (QED) is 0.756. The molecular formula is C19H18F4N2O3S. The van der Waals surface area contributed by atoms with Crippen LogP contribution in [0.25, 0.3) is 0 Å². The van der Waals surface area contributed by atoms with Crippen LogP contribution in [0, 0.1) is 5.82 Å². The lowest BCUT2D eigenvalue weighted by Crippen LogP contribution is -2.46. The molecule has 29 heavy (non-hydrogen) atoms. The number of carbonyl (C=O) groups is 1. The molecule has 0 atom stereocenters. The molecule has 0 unspecified atom stereocenters.